The van der Waals surface area contributed by atoms with Crippen LogP contribution in [-0.4, -0.2) is 0 Å². The van der Waals surface area contributed by atoms with E-state index in [9.17, 15) is 0 Å². The second-order valence-electron chi connectivity index (χ2n) is 5.15. The SMILES string of the molecule is C1CCC23CCC(CC2C1)C3.CC.CC. The summed E-state index contributed by atoms with van der Waals surface area (Å²) >= 11 is 0. The largest absolute Gasteiger partial charge is 0.0683 e. The van der Waals surface area contributed by atoms with E-state index in [0.717, 1.165) is 11.3 Å². The van der Waals surface area contributed by atoms with Crippen molar-refractivity contribution in [2.75, 3.05) is 0 Å². The molecule has 0 N–H and O–H groups in total. The zero-order valence-electron chi connectivity index (χ0n) is 11.3. The van der Waals surface area contributed by atoms with E-state index in [1.54, 1.807) is 51.4 Å². The molecular formula is C15H30. The van der Waals surface area contributed by atoms with E-state index in [4.69, 9.17) is 0 Å². The quantitative estimate of drug-likeness (QED) is 0.501. The van der Waals surface area contributed by atoms with E-state index >= 15 is 0 Å². The highest BCUT2D eigenvalue weighted by molar-refractivity contribution is 5.02. The Morgan fingerprint density at radius 1 is 0.867 bits per heavy atom. The van der Waals surface area contributed by atoms with E-state index < -0.39 is 0 Å². The number of fused-ring (bicyclic) bond motifs is 1. The fourth-order valence-electron chi connectivity index (χ4n) is 4.22. The average Bonchev–Trinajstić information content (AvgIpc) is 2.90. The van der Waals surface area contributed by atoms with Gasteiger partial charge in [-0.2, -0.15) is 0 Å². The van der Waals surface area contributed by atoms with Crippen LogP contribution in [0.5, 0.6) is 0 Å². The molecule has 2 bridgehead atoms. The molecule has 0 radical (unpaired) electrons. The topological polar surface area (TPSA) is 0 Å². The lowest BCUT2D eigenvalue weighted by atomic mass is 9.66. The minimum Gasteiger partial charge on any atom is -0.0683 e. The molecule has 0 nitrogen and oxygen atoms in total. The Kier molecular flexibility index (Phi) is 5.15. The van der Waals surface area contributed by atoms with Crippen molar-refractivity contribution in [1.82, 2.24) is 0 Å². The summed E-state index contributed by atoms with van der Waals surface area (Å²) < 4.78 is 0. The Hall–Kier alpha value is 0. The molecule has 3 saturated carbocycles. The van der Waals surface area contributed by atoms with Crippen LogP contribution in [0.1, 0.15) is 79.1 Å². The van der Waals surface area contributed by atoms with Gasteiger partial charge in [0.2, 0.25) is 0 Å². The average molecular weight is 210 g/mol. The molecule has 0 aliphatic heterocycles. The fourth-order valence-corrected chi connectivity index (χ4v) is 4.22. The smallest absolute Gasteiger partial charge is 0.0266 e. The van der Waals surface area contributed by atoms with Gasteiger partial charge in [0.1, 0.15) is 0 Å². The van der Waals surface area contributed by atoms with Crippen LogP contribution in [0.2, 0.25) is 0 Å². The normalized spacial score (nSPS) is 40.8. The molecule has 0 saturated heterocycles. The van der Waals surface area contributed by atoms with Crippen LogP contribution in [0, 0.1) is 17.3 Å². The lowest BCUT2D eigenvalue weighted by Gasteiger charge is -2.39. The molecule has 0 aromatic rings. The summed E-state index contributed by atoms with van der Waals surface area (Å²) in [4.78, 5) is 0. The Balaban J connectivity index is 0.000000255. The zero-order valence-corrected chi connectivity index (χ0v) is 11.3. The third-order valence-corrected chi connectivity index (χ3v) is 4.71. The van der Waals surface area contributed by atoms with E-state index in [1.807, 2.05) is 27.7 Å². The molecule has 3 unspecified atom stereocenters. The molecule has 0 heterocycles. The predicted octanol–water partition coefficient (Wildman–Crippen LogP) is 5.42. The van der Waals surface area contributed by atoms with E-state index in [-0.39, 0.29) is 0 Å². The highest BCUT2D eigenvalue weighted by Crippen LogP contribution is 2.63. The van der Waals surface area contributed by atoms with Gasteiger partial charge in [-0.15, -0.1) is 0 Å². The number of rotatable bonds is 0. The molecular weight excluding hydrogens is 180 g/mol. The predicted molar refractivity (Wildman–Crippen MR) is 69.0 cm³/mol. The van der Waals surface area contributed by atoms with Crippen molar-refractivity contribution < 1.29 is 0 Å². The van der Waals surface area contributed by atoms with Gasteiger partial charge >= 0.3 is 0 Å². The monoisotopic (exact) mass is 210 g/mol. The molecule has 3 atom stereocenters. The first kappa shape index (κ1) is 13.1. The van der Waals surface area contributed by atoms with Crippen molar-refractivity contribution in [2.45, 2.75) is 79.1 Å². The van der Waals surface area contributed by atoms with Crippen molar-refractivity contribution in [3.63, 3.8) is 0 Å². The molecule has 0 aromatic carbocycles. The van der Waals surface area contributed by atoms with Gasteiger partial charge in [-0.25, -0.2) is 0 Å². The van der Waals surface area contributed by atoms with Crippen LogP contribution < -0.4 is 0 Å². The molecule has 3 fully saturated rings. The minimum absolute atomic E-state index is 0.906. The Bertz CT molecular complexity index is 173. The third kappa shape index (κ3) is 2.40. The van der Waals surface area contributed by atoms with Gasteiger partial charge in [-0.3, -0.25) is 0 Å². The van der Waals surface area contributed by atoms with Crippen LogP contribution in [-0.2, 0) is 0 Å². The Labute approximate surface area is 96.8 Å². The summed E-state index contributed by atoms with van der Waals surface area (Å²) in [5, 5.41) is 0. The molecule has 1 spiro atoms. The second kappa shape index (κ2) is 5.92. The summed E-state index contributed by atoms with van der Waals surface area (Å²) in [6.07, 6.45) is 12.7. The van der Waals surface area contributed by atoms with Gasteiger partial charge in [0.05, 0.1) is 0 Å². The molecule has 3 rings (SSSR count). The summed E-state index contributed by atoms with van der Waals surface area (Å²) in [7, 11) is 0. The van der Waals surface area contributed by atoms with Gasteiger partial charge in [-0.05, 0) is 55.8 Å². The summed E-state index contributed by atoms with van der Waals surface area (Å²) in [5.74, 6) is 2.34. The van der Waals surface area contributed by atoms with Crippen molar-refractivity contribution in [3.8, 4) is 0 Å². The van der Waals surface area contributed by atoms with Gasteiger partial charge in [0.15, 0.2) is 0 Å². The number of hydrogen-bond donors (Lipinski definition) is 0. The highest BCUT2D eigenvalue weighted by atomic mass is 14.6. The maximum Gasteiger partial charge on any atom is -0.0266 e. The molecule has 3 aliphatic carbocycles. The fraction of sp³-hybridized carbons (Fsp3) is 1.00. The third-order valence-electron chi connectivity index (χ3n) is 4.71. The maximum absolute atomic E-state index is 2.00. The van der Waals surface area contributed by atoms with Gasteiger partial charge in [0, 0.05) is 0 Å². The molecule has 0 amide bonds. The van der Waals surface area contributed by atoms with Gasteiger partial charge in [-0.1, -0.05) is 40.5 Å². The van der Waals surface area contributed by atoms with Crippen LogP contribution in [0.4, 0.5) is 0 Å². The van der Waals surface area contributed by atoms with Crippen molar-refractivity contribution in [2.24, 2.45) is 17.3 Å². The van der Waals surface area contributed by atoms with Gasteiger partial charge < -0.3 is 0 Å². The summed E-state index contributed by atoms with van der Waals surface area (Å²) in [5.41, 5.74) is 0.906. The van der Waals surface area contributed by atoms with Crippen LogP contribution in [0.15, 0.2) is 0 Å². The van der Waals surface area contributed by atoms with Crippen LogP contribution in [0.25, 0.3) is 0 Å². The van der Waals surface area contributed by atoms with Crippen LogP contribution >= 0.6 is 0 Å². The molecule has 3 aliphatic rings. The lowest BCUT2D eigenvalue weighted by Crippen LogP contribution is -2.28. The lowest BCUT2D eigenvalue weighted by molar-refractivity contribution is 0.119. The Morgan fingerprint density at radius 3 is 2.20 bits per heavy atom. The number of hydrogen-bond acceptors (Lipinski definition) is 0. The maximum atomic E-state index is 2.00. The summed E-state index contributed by atoms with van der Waals surface area (Å²) in [6.45, 7) is 8.00. The summed E-state index contributed by atoms with van der Waals surface area (Å²) in [6, 6.07) is 0. The minimum atomic E-state index is 0.906. The standard InChI is InChI=1S/C11H18.2C2H6/c1-2-5-11-6-4-9(8-11)7-10(11)3-1;2*1-2/h9-10H,1-8H2;2*1-2H3. The first-order valence-corrected chi connectivity index (χ1v) is 7.39. The first-order valence-electron chi connectivity index (χ1n) is 7.39. The molecule has 90 valence electrons. The molecule has 0 aromatic heterocycles. The zero-order chi connectivity index (χ0) is 11.3. The Morgan fingerprint density at radius 2 is 1.60 bits per heavy atom. The van der Waals surface area contributed by atoms with Crippen LogP contribution in [0.3, 0.4) is 0 Å². The highest BCUT2D eigenvalue weighted by Gasteiger charge is 2.51. The second-order valence-corrected chi connectivity index (χ2v) is 5.15. The molecule has 15 heavy (non-hydrogen) atoms. The first-order chi connectivity index (χ1) is 7.39. The van der Waals surface area contributed by atoms with E-state index in [0.29, 0.717) is 0 Å². The van der Waals surface area contributed by atoms with Crippen molar-refractivity contribution in [1.29, 1.82) is 0 Å². The molecule has 0 heteroatoms. The van der Waals surface area contributed by atoms with E-state index in [1.165, 1.54) is 5.92 Å². The van der Waals surface area contributed by atoms with E-state index in [2.05, 4.69) is 0 Å². The van der Waals surface area contributed by atoms with Crippen molar-refractivity contribution >= 4 is 0 Å². The van der Waals surface area contributed by atoms with Gasteiger partial charge in [0.25, 0.3) is 0 Å². The van der Waals surface area contributed by atoms with Crippen molar-refractivity contribution in [3.05, 3.63) is 0 Å².